The Balaban J connectivity index is 2.17. The van der Waals surface area contributed by atoms with Crippen LogP contribution in [0.5, 0.6) is 0 Å². The van der Waals surface area contributed by atoms with Gasteiger partial charge in [-0.25, -0.2) is 0 Å². The van der Waals surface area contributed by atoms with Gasteiger partial charge in [-0.3, -0.25) is 14.4 Å². The molecule has 1 unspecified atom stereocenters. The van der Waals surface area contributed by atoms with Crippen LogP contribution in [-0.2, 0) is 9.59 Å². The molecule has 0 bridgehead atoms. The van der Waals surface area contributed by atoms with Crippen LogP contribution in [0.4, 0.5) is 0 Å². The molecule has 0 saturated carbocycles. The first-order chi connectivity index (χ1) is 10.9. The molecular formula is C16H20N4O3. The summed E-state index contributed by atoms with van der Waals surface area (Å²) in [7, 11) is 0. The summed E-state index contributed by atoms with van der Waals surface area (Å²) in [6.07, 6.45) is 1.55. The van der Waals surface area contributed by atoms with Crippen molar-refractivity contribution in [3.63, 3.8) is 0 Å². The fraction of sp³-hybridized carbons (Fsp3) is 0.500. The maximum Gasteiger partial charge on any atom is 0.269 e. The van der Waals surface area contributed by atoms with Crippen LogP contribution < -0.4 is 5.56 Å². The quantitative estimate of drug-likeness (QED) is 0.784. The Morgan fingerprint density at radius 3 is 2.30 bits per heavy atom. The van der Waals surface area contributed by atoms with Crippen molar-refractivity contribution >= 4 is 11.8 Å². The highest BCUT2D eigenvalue weighted by molar-refractivity contribution is 5.80. The SMILES string of the molecule is CC(=O)N1CCN(C(=O)C(C)n2ccc(C)c(C#N)c2=O)CC1. The molecule has 0 aromatic carbocycles. The Morgan fingerprint density at radius 2 is 1.78 bits per heavy atom. The molecule has 2 amide bonds. The second-order valence-corrected chi connectivity index (χ2v) is 5.71. The fourth-order valence-corrected chi connectivity index (χ4v) is 2.71. The number of nitriles is 1. The predicted octanol–water partition coefficient (Wildman–Crippen LogP) is 0.280. The van der Waals surface area contributed by atoms with E-state index in [0.29, 0.717) is 31.7 Å². The highest BCUT2D eigenvalue weighted by atomic mass is 16.2. The lowest BCUT2D eigenvalue weighted by Crippen LogP contribution is -2.52. The van der Waals surface area contributed by atoms with Gasteiger partial charge in [-0.05, 0) is 25.5 Å². The molecule has 1 atom stereocenters. The van der Waals surface area contributed by atoms with Gasteiger partial charge in [0.2, 0.25) is 11.8 Å². The Bertz CT molecular complexity index is 724. The first-order valence-electron chi connectivity index (χ1n) is 7.53. The first kappa shape index (κ1) is 16.7. The zero-order valence-electron chi connectivity index (χ0n) is 13.6. The molecule has 1 aliphatic heterocycles. The largest absolute Gasteiger partial charge is 0.339 e. The van der Waals surface area contributed by atoms with E-state index in [0.717, 1.165) is 0 Å². The number of hydrogen-bond acceptors (Lipinski definition) is 4. The Morgan fingerprint density at radius 1 is 1.22 bits per heavy atom. The predicted molar refractivity (Wildman–Crippen MR) is 83.7 cm³/mol. The van der Waals surface area contributed by atoms with Gasteiger partial charge in [0.1, 0.15) is 17.7 Å². The number of amides is 2. The number of carbonyl (C=O) groups is 2. The summed E-state index contributed by atoms with van der Waals surface area (Å²) in [6.45, 7) is 6.76. The molecule has 122 valence electrons. The summed E-state index contributed by atoms with van der Waals surface area (Å²) in [5.41, 5.74) is 0.216. The minimum absolute atomic E-state index is 0.00133. The summed E-state index contributed by atoms with van der Waals surface area (Å²) in [5.74, 6) is -0.179. The van der Waals surface area contributed by atoms with Crippen LogP contribution in [0.2, 0.25) is 0 Å². The zero-order chi connectivity index (χ0) is 17.1. The summed E-state index contributed by atoms with van der Waals surface area (Å²) < 4.78 is 1.30. The minimum Gasteiger partial charge on any atom is -0.339 e. The maximum absolute atomic E-state index is 12.6. The van der Waals surface area contributed by atoms with Gasteiger partial charge < -0.3 is 14.4 Å². The van der Waals surface area contributed by atoms with E-state index >= 15 is 0 Å². The molecule has 1 aromatic rings. The van der Waals surface area contributed by atoms with Crippen LogP contribution in [0.25, 0.3) is 0 Å². The average molecular weight is 316 g/mol. The van der Waals surface area contributed by atoms with Crippen molar-refractivity contribution in [3.8, 4) is 6.07 Å². The van der Waals surface area contributed by atoms with E-state index in [-0.39, 0.29) is 17.4 Å². The van der Waals surface area contributed by atoms with E-state index in [4.69, 9.17) is 5.26 Å². The van der Waals surface area contributed by atoms with Crippen molar-refractivity contribution in [1.29, 1.82) is 5.26 Å². The van der Waals surface area contributed by atoms with Gasteiger partial charge >= 0.3 is 0 Å². The molecule has 2 heterocycles. The molecule has 23 heavy (non-hydrogen) atoms. The summed E-state index contributed by atoms with van der Waals surface area (Å²) >= 11 is 0. The Hall–Kier alpha value is -2.62. The number of nitrogens with zero attached hydrogens (tertiary/aromatic N) is 4. The normalized spacial score (nSPS) is 15.9. The van der Waals surface area contributed by atoms with Crippen LogP contribution in [-0.4, -0.2) is 52.4 Å². The molecule has 0 aliphatic carbocycles. The lowest BCUT2D eigenvalue weighted by Gasteiger charge is -2.35. The van der Waals surface area contributed by atoms with Gasteiger partial charge in [0.05, 0.1) is 0 Å². The maximum atomic E-state index is 12.6. The first-order valence-corrected chi connectivity index (χ1v) is 7.53. The molecule has 0 spiro atoms. The van der Waals surface area contributed by atoms with Gasteiger partial charge in [-0.15, -0.1) is 0 Å². The lowest BCUT2D eigenvalue weighted by molar-refractivity contribution is -0.140. The standard InChI is InChI=1S/C16H20N4O3/c1-11-4-5-20(16(23)14(11)10-17)12(2)15(22)19-8-6-18(7-9-19)13(3)21/h4-5,12H,6-9H2,1-3H3. The van der Waals surface area contributed by atoms with Crippen LogP contribution in [0.3, 0.4) is 0 Å². The molecule has 1 aliphatic rings. The minimum atomic E-state index is -0.681. The number of aromatic nitrogens is 1. The number of piperazine rings is 1. The smallest absolute Gasteiger partial charge is 0.269 e. The average Bonchev–Trinajstić information content (AvgIpc) is 2.54. The number of aryl methyl sites for hydroxylation is 1. The van der Waals surface area contributed by atoms with Crippen LogP contribution in [0, 0.1) is 18.3 Å². The third-order valence-electron chi connectivity index (χ3n) is 4.25. The van der Waals surface area contributed by atoms with E-state index in [1.54, 1.807) is 35.9 Å². The van der Waals surface area contributed by atoms with Crippen molar-refractivity contribution in [1.82, 2.24) is 14.4 Å². The van der Waals surface area contributed by atoms with Gasteiger partial charge in [0.25, 0.3) is 5.56 Å². The van der Waals surface area contributed by atoms with Gasteiger partial charge in [0, 0.05) is 39.3 Å². The Labute approximate surface area is 134 Å². The highest BCUT2D eigenvalue weighted by Gasteiger charge is 2.27. The molecule has 1 fully saturated rings. The third-order valence-corrected chi connectivity index (χ3v) is 4.25. The van der Waals surface area contributed by atoms with E-state index in [1.807, 2.05) is 6.07 Å². The topological polar surface area (TPSA) is 86.4 Å². The Kier molecular flexibility index (Phi) is 4.84. The molecule has 1 saturated heterocycles. The summed E-state index contributed by atoms with van der Waals surface area (Å²) in [5, 5.41) is 9.08. The molecule has 0 N–H and O–H groups in total. The van der Waals surface area contributed by atoms with Crippen molar-refractivity contribution in [2.75, 3.05) is 26.2 Å². The van der Waals surface area contributed by atoms with Crippen molar-refractivity contribution < 1.29 is 9.59 Å². The number of rotatable bonds is 2. The fourth-order valence-electron chi connectivity index (χ4n) is 2.71. The van der Waals surface area contributed by atoms with Gasteiger partial charge in [-0.2, -0.15) is 5.26 Å². The molecule has 7 nitrogen and oxygen atoms in total. The molecule has 7 heteroatoms. The lowest BCUT2D eigenvalue weighted by atomic mass is 10.1. The summed E-state index contributed by atoms with van der Waals surface area (Å²) in [6, 6.07) is 2.88. The van der Waals surface area contributed by atoms with Crippen molar-refractivity contribution in [3.05, 3.63) is 33.7 Å². The summed E-state index contributed by atoms with van der Waals surface area (Å²) in [4.78, 5) is 39.6. The number of carbonyl (C=O) groups excluding carboxylic acids is 2. The second kappa shape index (κ2) is 6.65. The molecular weight excluding hydrogens is 296 g/mol. The highest BCUT2D eigenvalue weighted by Crippen LogP contribution is 2.12. The third kappa shape index (κ3) is 3.26. The molecule has 2 rings (SSSR count). The van der Waals surface area contributed by atoms with Crippen molar-refractivity contribution in [2.45, 2.75) is 26.8 Å². The van der Waals surface area contributed by atoms with Gasteiger partial charge in [0.15, 0.2) is 0 Å². The van der Waals surface area contributed by atoms with E-state index in [1.165, 1.54) is 11.5 Å². The van der Waals surface area contributed by atoms with Crippen LogP contribution in [0.1, 0.15) is 31.0 Å². The van der Waals surface area contributed by atoms with E-state index in [2.05, 4.69) is 0 Å². The monoisotopic (exact) mass is 316 g/mol. The van der Waals surface area contributed by atoms with E-state index in [9.17, 15) is 14.4 Å². The number of hydrogen-bond donors (Lipinski definition) is 0. The number of pyridine rings is 1. The molecule has 1 aromatic heterocycles. The molecule has 0 radical (unpaired) electrons. The van der Waals surface area contributed by atoms with Crippen molar-refractivity contribution in [2.24, 2.45) is 0 Å². The van der Waals surface area contributed by atoms with Crippen LogP contribution >= 0.6 is 0 Å². The van der Waals surface area contributed by atoms with Crippen LogP contribution in [0.15, 0.2) is 17.1 Å². The van der Waals surface area contributed by atoms with E-state index < -0.39 is 11.6 Å². The van der Waals surface area contributed by atoms with Gasteiger partial charge in [-0.1, -0.05) is 0 Å². The zero-order valence-corrected chi connectivity index (χ0v) is 13.6. The second-order valence-electron chi connectivity index (χ2n) is 5.71.